The average Bonchev–Trinajstić information content (AvgIpc) is 2.18. The molecule has 0 bridgehead atoms. The molecule has 1 saturated heterocycles. The van der Waals surface area contributed by atoms with Crippen LogP contribution >= 0.6 is 0 Å². The highest BCUT2D eigenvalue weighted by atomic mass is 16.6. The third kappa shape index (κ3) is 5.77. The van der Waals surface area contributed by atoms with E-state index in [1.165, 1.54) is 6.08 Å². The summed E-state index contributed by atoms with van der Waals surface area (Å²) in [5.41, 5.74) is -0.452. The minimum atomic E-state index is -0.452. The smallest absolute Gasteiger partial charge is 0.410 e. The molecule has 1 amide bonds. The van der Waals surface area contributed by atoms with Gasteiger partial charge in [0.05, 0.1) is 6.61 Å². The Morgan fingerprint density at radius 1 is 1.32 bits per heavy atom. The molecule has 1 aliphatic rings. The fourth-order valence-electron chi connectivity index (χ4n) is 1.74. The van der Waals surface area contributed by atoms with Gasteiger partial charge < -0.3 is 14.4 Å². The number of nitrogens with zero attached hydrogens (tertiary/aromatic N) is 1. The summed E-state index contributed by atoms with van der Waals surface area (Å²) in [5, 5.41) is 0. The van der Waals surface area contributed by atoms with E-state index in [0.717, 1.165) is 6.42 Å². The minimum Gasteiger partial charge on any atom is -0.463 e. The van der Waals surface area contributed by atoms with Crippen molar-refractivity contribution in [1.29, 1.82) is 0 Å². The quantitative estimate of drug-likeness (QED) is 0.580. The van der Waals surface area contributed by atoms with Gasteiger partial charge in [0, 0.05) is 19.2 Å². The second-order valence-electron chi connectivity index (χ2n) is 5.64. The first-order valence-electron chi connectivity index (χ1n) is 6.63. The van der Waals surface area contributed by atoms with Gasteiger partial charge in [-0.25, -0.2) is 9.59 Å². The molecule has 108 valence electrons. The molecule has 0 aliphatic carbocycles. The van der Waals surface area contributed by atoms with Gasteiger partial charge in [-0.1, -0.05) is 6.08 Å². The molecule has 5 heteroatoms. The zero-order valence-electron chi connectivity index (χ0n) is 12.1. The fourth-order valence-corrected chi connectivity index (χ4v) is 1.74. The predicted molar refractivity (Wildman–Crippen MR) is 71.7 cm³/mol. The van der Waals surface area contributed by atoms with Crippen LogP contribution in [0.5, 0.6) is 0 Å². The van der Waals surface area contributed by atoms with E-state index in [0.29, 0.717) is 25.6 Å². The van der Waals surface area contributed by atoms with Crippen molar-refractivity contribution in [3.05, 3.63) is 12.2 Å². The number of hydrogen-bond acceptors (Lipinski definition) is 4. The lowest BCUT2D eigenvalue weighted by Crippen LogP contribution is -2.51. The Bertz CT molecular complexity index is 351. The van der Waals surface area contributed by atoms with E-state index in [2.05, 4.69) is 0 Å². The molecule has 1 rings (SSSR count). The zero-order chi connectivity index (χ0) is 14.5. The molecule has 0 aromatic carbocycles. The summed E-state index contributed by atoms with van der Waals surface area (Å²) in [6.45, 7) is 9.08. The SMILES string of the molecule is CCOC(=O)/C=C/CC1CN(C(=O)OC(C)(C)C)C1. The molecule has 0 unspecified atom stereocenters. The van der Waals surface area contributed by atoms with Crippen LogP contribution in [-0.4, -0.2) is 42.3 Å². The van der Waals surface area contributed by atoms with Crippen molar-refractivity contribution in [3.63, 3.8) is 0 Å². The van der Waals surface area contributed by atoms with Gasteiger partial charge in [0.25, 0.3) is 0 Å². The summed E-state index contributed by atoms with van der Waals surface area (Å²) < 4.78 is 10.0. The molecule has 0 aromatic rings. The van der Waals surface area contributed by atoms with Gasteiger partial charge in [0.1, 0.15) is 5.60 Å². The normalized spacial score (nSPS) is 16.3. The fraction of sp³-hybridized carbons (Fsp3) is 0.714. The maximum atomic E-state index is 11.7. The summed E-state index contributed by atoms with van der Waals surface area (Å²) in [4.78, 5) is 24.4. The van der Waals surface area contributed by atoms with Crippen LogP contribution in [0.15, 0.2) is 12.2 Å². The number of ether oxygens (including phenoxy) is 2. The lowest BCUT2D eigenvalue weighted by molar-refractivity contribution is -0.137. The molecule has 0 spiro atoms. The van der Waals surface area contributed by atoms with Crippen LogP contribution < -0.4 is 0 Å². The molecule has 5 nitrogen and oxygen atoms in total. The standard InChI is InChI=1S/C14H23NO4/c1-5-18-12(16)8-6-7-11-9-15(10-11)13(17)19-14(2,3)4/h6,8,11H,5,7,9-10H2,1-4H3/b8-6+. The summed E-state index contributed by atoms with van der Waals surface area (Å²) in [5.74, 6) is 0.0871. The molecule has 0 saturated carbocycles. The molecular formula is C14H23NO4. The first-order chi connectivity index (χ1) is 8.81. The summed E-state index contributed by atoms with van der Waals surface area (Å²) in [6, 6.07) is 0. The zero-order valence-corrected chi connectivity index (χ0v) is 12.1. The maximum Gasteiger partial charge on any atom is 0.410 e. The van der Waals surface area contributed by atoms with Crippen LogP contribution in [0.4, 0.5) is 4.79 Å². The molecule has 1 heterocycles. The van der Waals surface area contributed by atoms with Crippen molar-refractivity contribution >= 4 is 12.1 Å². The Labute approximate surface area is 114 Å². The van der Waals surface area contributed by atoms with Gasteiger partial charge in [0.2, 0.25) is 0 Å². The van der Waals surface area contributed by atoms with Gasteiger partial charge in [-0.2, -0.15) is 0 Å². The number of likely N-dealkylation sites (tertiary alicyclic amines) is 1. The number of carbonyl (C=O) groups excluding carboxylic acids is 2. The Morgan fingerprint density at radius 3 is 2.47 bits per heavy atom. The molecule has 0 aromatic heterocycles. The van der Waals surface area contributed by atoms with Gasteiger partial charge in [-0.3, -0.25) is 0 Å². The highest BCUT2D eigenvalue weighted by molar-refractivity contribution is 5.81. The molecule has 0 atom stereocenters. The Kier molecular flexibility index (Phi) is 5.39. The van der Waals surface area contributed by atoms with Crippen molar-refractivity contribution < 1.29 is 19.1 Å². The van der Waals surface area contributed by atoms with Crippen LogP contribution in [0.1, 0.15) is 34.1 Å². The van der Waals surface area contributed by atoms with E-state index in [1.54, 1.807) is 17.9 Å². The monoisotopic (exact) mass is 269 g/mol. The molecule has 1 fully saturated rings. The van der Waals surface area contributed by atoms with Crippen LogP contribution in [0.2, 0.25) is 0 Å². The van der Waals surface area contributed by atoms with Crippen LogP contribution in [0.25, 0.3) is 0 Å². The minimum absolute atomic E-state index is 0.266. The van der Waals surface area contributed by atoms with Crippen molar-refractivity contribution in [2.24, 2.45) is 5.92 Å². The second-order valence-corrected chi connectivity index (χ2v) is 5.64. The van der Waals surface area contributed by atoms with Gasteiger partial charge in [0.15, 0.2) is 0 Å². The van der Waals surface area contributed by atoms with Crippen molar-refractivity contribution in [1.82, 2.24) is 4.90 Å². The van der Waals surface area contributed by atoms with Crippen LogP contribution in [0.3, 0.4) is 0 Å². The third-order valence-corrected chi connectivity index (χ3v) is 2.62. The summed E-state index contributed by atoms with van der Waals surface area (Å²) in [6.07, 6.45) is 3.76. The summed E-state index contributed by atoms with van der Waals surface area (Å²) in [7, 11) is 0. The number of esters is 1. The number of allylic oxidation sites excluding steroid dienone is 1. The number of carbonyl (C=O) groups is 2. The van der Waals surface area contributed by atoms with E-state index in [-0.39, 0.29) is 12.1 Å². The van der Waals surface area contributed by atoms with Crippen molar-refractivity contribution in [2.75, 3.05) is 19.7 Å². The number of rotatable bonds is 4. The molecule has 19 heavy (non-hydrogen) atoms. The molecular weight excluding hydrogens is 246 g/mol. The molecule has 1 aliphatic heterocycles. The van der Waals surface area contributed by atoms with Crippen LogP contribution in [0, 0.1) is 5.92 Å². The first kappa shape index (κ1) is 15.5. The van der Waals surface area contributed by atoms with E-state index in [4.69, 9.17) is 9.47 Å². The number of amides is 1. The molecule has 0 radical (unpaired) electrons. The van der Waals surface area contributed by atoms with Crippen molar-refractivity contribution in [3.8, 4) is 0 Å². The largest absolute Gasteiger partial charge is 0.463 e. The lowest BCUT2D eigenvalue weighted by atomic mass is 9.97. The Balaban J connectivity index is 2.20. The Hall–Kier alpha value is -1.52. The second kappa shape index (κ2) is 6.59. The third-order valence-electron chi connectivity index (χ3n) is 2.62. The topological polar surface area (TPSA) is 55.8 Å². The van der Waals surface area contributed by atoms with Gasteiger partial charge in [-0.05, 0) is 40.0 Å². The number of hydrogen-bond donors (Lipinski definition) is 0. The lowest BCUT2D eigenvalue weighted by Gasteiger charge is -2.39. The maximum absolute atomic E-state index is 11.7. The van der Waals surface area contributed by atoms with E-state index in [9.17, 15) is 9.59 Å². The average molecular weight is 269 g/mol. The highest BCUT2D eigenvalue weighted by Crippen LogP contribution is 2.22. The van der Waals surface area contributed by atoms with E-state index in [1.807, 2.05) is 20.8 Å². The van der Waals surface area contributed by atoms with Crippen molar-refractivity contribution in [2.45, 2.75) is 39.7 Å². The van der Waals surface area contributed by atoms with E-state index < -0.39 is 5.60 Å². The Morgan fingerprint density at radius 2 is 1.95 bits per heavy atom. The van der Waals surface area contributed by atoms with Gasteiger partial charge >= 0.3 is 12.1 Å². The summed E-state index contributed by atoms with van der Waals surface area (Å²) >= 11 is 0. The highest BCUT2D eigenvalue weighted by Gasteiger charge is 2.32. The van der Waals surface area contributed by atoms with E-state index >= 15 is 0 Å². The van der Waals surface area contributed by atoms with Gasteiger partial charge in [-0.15, -0.1) is 0 Å². The first-order valence-corrected chi connectivity index (χ1v) is 6.63. The predicted octanol–water partition coefficient (Wildman–Crippen LogP) is 2.36. The molecule has 0 N–H and O–H groups in total. The van der Waals surface area contributed by atoms with Crippen LogP contribution in [-0.2, 0) is 14.3 Å².